The maximum atomic E-state index is 12.9. The van der Waals surface area contributed by atoms with Crippen molar-refractivity contribution in [2.75, 3.05) is 10.6 Å². The first-order chi connectivity index (χ1) is 16.1. The normalized spacial score (nSPS) is 12.0. The molecule has 0 aliphatic rings. The highest BCUT2D eigenvalue weighted by molar-refractivity contribution is 7.18. The topological polar surface area (TPSA) is 147 Å². The second-order valence-corrected chi connectivity index (χ2v) is 7.46. The number of nitrogens with zero attached hydrogens (tertiary/aromatic N) is 4. The van der Waals surface area contributed by atoms with Gasteiger partial charge in [0.1, 0.15) is 16.7 Å². The summed E-state index contributed by atoms with van der Waals surface area (Å²) in [6.45, 7) is -4.69. The van der Waals surface area contributed by atoms with Crippen LogP contribution in [0.5, 0.6) is 11.8 Å². The average molecular weight is 500 g/mol. The van der Waals surface area contributed by atoms with Crippen molar-refractivity contribution in [3.63, 3.8) is 0 Å². The van der Waals surface area contributed by atoms with Crippen LogP contribution in [0.1, 0.15) is 22.2 Å². The van der Waals surface area contributed by atoms with Crippen molar-refractivity contribution in [3.8, 4) is 11.8 Å². The quantitative estimate of drug-likeness (QED) is 0.317. The summed E-state index contributed by atoms with van der Waals surface area (Å²) in [5.41, 5.74) is 11.6. The molecule has 1 amide bonds. The van der Waals surface area contributed by atoms with Gasteiger partial charge in [-0.1, -0.05) is 11.3 Å². The fraction of sp³-hybridized carbons (Fsp3) is 0.211. The molecule has 3 aromatic heterocycles. The molecule has 34 heavy (non-hydrogen) atoms. The summed E-state index contributed by atoms with van der Waals surface area (Å²) < 4.78 is 57.7. The Morgan fingerprint density at radius 3 is 2.06 bits per heavy atom. The van der Waals surface area contributed by atoms with Crippen LogP contribution in [0, 0.1) is 0 Å². The Morgan fingerprint density at radius 1 is 1.00 bits per heavy atom. The summed E-state index contributed by atoms with van der Waals surface area (Å²) in [7, 11) is 0. The number of aromatic nitrogens is 3. The summed E-state index contributed by atoms with van der Waals surface area (Å²) in [6, 6.07) is 3.81. The molecule has 0 unspecified atom stereocenters. The number of hydrogen-bond acceptors (Lipinski definition) is 10. The van der Waals surface area contributed by atoms with Crippen LogP contribution in [0.4, 0.5) is 34.2 Å². The largest absolute Gasteiger partial charge is 0.417 e. The summed E-state index contributed by atoms with van der Waals surface area (Å²) in [5, 5.41) is 0.0853. The summed E-state index contributed by atoms with van der Waals surface area (Å²) in [6.07, 6.45) is 2.19. The number of carbonyl (C=O) groups is 2. The van der Waals surface area contributed by atoms with Crippen molar-refractivity contribution in [2.45, 2.75) is 26.2 Å². The van der Waals surface area contributed by atoms with Gasteiger partial charge in [-0.15, -0.1) is 0 Å². The number of pyridine rings is 2. The van der Waals surface area contributed by atoms with Crippen molar-refractivity contribution < 1.29 is 36.6 Å². The molecule has 0 saturated carbocycles. The molecular weight excluding hydrogens is 484 g/mol. The highest BCUT2D eigenvalue weighted by atomic mass is 32.1. The van der Waals surface area contributed by atoms with Crippen LogP contribution in [-0.4, -0.2) is 45.9 Å². The van der Waals surface area contributed by atoms with Gasteiger partial charge in [0, 0.05) is 23.9 Å². The first-order valence-corrected chi connectivity index (χ1v) is 10.1. The molecule has 0 bridgehead atoms. The van der Waals surface area contributed by atoms with Crippen LogP contribution < -0.4 is 25.8 Å². The number of primary amides is 1. The van der Waals surface area contributed by atoms with Crippen LogP contribution in [0.15, 0.2) is 36.7 Å². The number of alkyl halides is 4. The molecule has 0 radical (unpaired) electrons. The lowest BCUT2D eigenvalue weighted by Gasteiger charge is -2.26. The fourth-order valence-corrected chi connectivity index (χ4v) is 3.74. The average Bonchev–Trinajstić information content (AvgIpc) is 3.15. The molecular formula is C19H16F4N6O4S. The molecule has 3 rings (SSSR count). The predicted molar refractivity (Wildman–Crippen MR) is 112 cm³/mol. The van der Waals surface area contributed by atoms with E-state index in [1.807, 2.05) is 0 Å². The van der Waals surface area contributed by atoms with Crippen LogP contribution in [0.3, 0.4) is 0 Å². The number of anilines is 3. The van der Waals surface area contributed by atoms with E-state index in [-0.39, 0.29) is 38.8 Å². The zero-order chi connectivity index (χ0) is 25.0. The molecule has 0 aliphatic carbocycles. The third-order valence-electron chi connectivity index (χ3n) is 4.27. The molecule has 4 N–H and O–H groups in total. The van der Waals surface area contributed by atoms with Crippen molar-refractivity contribution >= 4 is 39.7 Å². The molecule has 15 heteroatoms. The van der Waals surface area contributed by atoms with Crippen LogP contribution in [0.2, 0.25) is 0 Å². The zero-order valence-electron chi connectivity index (χ0n) is 17.2. The summed E-state index contributed by atoms with van der Waals surface area (Å²) in [5.74, 6) is -2.27. The monoisotopic (exact) mass is 500 g/mol. The standard InChI is InChI=1S/C19H16F4N6O4S/c1-8(16(25)31)29(10-3-5-12(27-7-10)33-18(22)23)19-28-15(24)14(34-19)13(30)9-2-4-11(26-6-9)32-17(20)21/h2-8,17-18H,24H2,1H3,(H2,25,31)/t8-/m1/s1. The maximum Gasteiger partial charge on any atom is 0.388 e. The Hall–Kier alpha value is -4.01. The lowest BCUT2D eigenvalue weighted by atomic mass is 10.1. The first-order valence-electron chi connectivity index (χ1n) is 9.28. The highest BCUT2D eigenvalue weighted by Crippen LogP contribution is 2.36. The van der Waals surface area contributed by atoms with Gasteiger partial charge in [0.25, 0.3) is 0 Å². The molecule has 1 atom stereocenters. The van der Waals surface area contributed by atoms with E-state index in [0.29, 0.717) is 0 Å². The summed E-state index contributed by atoms with van der Waals surface area (Å²) in [4.78, 5) is 37.6. The van der Waals surface area contributed by atoms with Gasteiger partial charge in [0.05, 0.1) is 11.9 Å². The van der Waals surface area contributed by atoms with Gasteiger partial charge < -0.3 is 25.8 Å². The smallest absolute Gasteiger partial charge is 0.388 e. The third-order valence-corrected chi connectivity index (χ3v) is 5.34. The third kappa shape index (κ3) is 5.67. The minimum absolute atomic E-state index is 0.0215. The predicted octanol–water partition coefficient (Wildman–Crippen LogP) is 2.96. The SMILES string of the molecule is C[C@H](C(N)=O)N(c1ccc(OC(F)F)nc1)c1nc(N)c(C(=O)c2ccc(OC(F)F)nc2)s1. The molecule has 0 spiro atoms. The molecule has 3 heterocycles. The van der Waals surface area contributed by atoms with E-state index in [0.717, 1.165) is 35.9 Å². The van der Waals surface area contributed by atoms with Gasteiger partial charge >= 0.3 is 13.2 Å². The van der Waals surface area contributed by atoms with Gasteiger partial charge in [-0.05, 0) is 19.1 Å². The number of carbonyl (C=O) groups excluding carboxylic acids is 2. The van der Waals surface area contributed by atoms with Gasteiger partial charge in [0.2, 0.25) is 23.5 Å². The highest BCUT2D eigenvalue weighted by Gasteiger charge is 2.28. The van der Waals surface area contributed by atoms with E-state index in [1.54, 1.807) is 0 Å². The lowest BCUT2D eigenvalue weighted by Crippen LogP contribution is -2.40. The van der Waals surface area contributed by atoms with Gasteiger partial charge in [-0.25, -0.2) is 15.0 Å². The van der Waals surface area contributed by atoms with Crippen LogP contribution >= 0.6 is 11.3 Å². The van der Waals surface area contributed by atoms with E-state index >= 15 is 0 Å². The van der Waals surface area contributed by atoms with Gasteiger partial charge in [0.15, 0.2) is 5.13 Å². The first kappa shape index (κ1) is 24.6. The minimum atomic E-state index is -3.07. The van der Waals surface area contributed by atoms with Crippen molar-refractivity contribution in [1.82, 2.24) is 15.0 Å². The van der Waals surface area contributed by atoms with Crippen molar-refractivity contribution in [1.29, 1.82) is 0 Å². The summed E-state index contributed by atoms with van der Waals surface area (Å²) >= 11 is 0.815. The number of thiazole rings is 1. The number of halogens is 4. The number of nitrogens with two attached hydrogens (primary N) is 2. The molecule has 0 aromatic carbocycles. The Kier molecular flexibility index (Phi) is 7.45. The Labute approximate surface area is 193 Å². The van der Waals surface area contributed by atoms with E-state index in [2.05, 4.69) is 24.4 Å². The maximum absolute atomic E-state index is 12.9. The second-order valence-electron chi connectivity index (χ2n) is 6.49. The minimum Gasteiger partial charge on any atom is -0.417 e. The zero-order valence-corrected chi connectivity index (χ0v) is 18.0. The van der Waals surface area contributed by atoms with E-state index < -0.39 is 31.0 Å². The number of ketones is 1. The van der Waals surface area contributed by atoms with Crippen molar-refractivity contribution in [2.24, 2.45) is 5.73 Å². The van der Waals surface area contributed by atoms with Gasteiger partial charge in [-0.3, -0.25) is 9.59 Å². The second kappa shape index (κ2) is 10.3. The fourth-order valence-electron chi connectivity index (χ4n) is 2.70. The number of hydrogen-bond donors (Lipinski definition) is 2. The Morgan fingerprint density at radius 2 is 1.59 bits per heavy atom. The number of ether oxygens (including phenoxy) is 2. The van der Waals surface area contributed by atoms with Gasteiger partial charge in [-0.2, -0.15) is 17.6 Å². The molecule has 0 aliphatic heterocycles. The Balaban J connectivity index is 1.93. The molecule has 10 nitrogen and oxygen atoms in total. The Bertz CT molecular complexity index is 1160. The molecule has 0 fully saturated rings. The van der Waals surface area contributed by atoms with E-state index in [9.17, 15) is 27.2 Å². The molecule has 3 aromatic rings. The van der Waals surface area contributed by atoms with Crippen LogP contribution in [-0.2, 0) is 4.79 Å². The number of amides is 1. The lowest BCUT2D eigenvalue weighted by molar-refractivity contribution is -0.118. The number of nitrogen functional groups attached to an aromatic ring is 1. The molecule has 180 valence electrons. The molecule has 0 saturated heterocycles. The van der Waals surface area contributed by atoms with E-state index in [4.69, 9.17) is 11.5 Å². The number of rotatable bonds is 10. The van der Waals surface area contributed by atoms with Crippen LogP contribution in [0.25, 0.3) is 0 Å². The van der Waals surface area contributed by atoms with E-state index in [1.165, 1.54) is 24.0 Å². The van der Waals surface area contributed by atoms with Crippen molar-refractivity contribution in [3.05, 3.63) is 47.1 Å².